The third kappa shape index (κ3) is 4.11. The van der Waals surface area contributed by atoms with E-state index in [9.17, 15) is 4.79 Å². The van der Waals surface area contributed by atoms with Crippen LogP contribution in [0.2, 0.25) is 0 Å². The van der Waals surface area contributed by atoms with E-state index in [4.69, 9.17) is 4.74 Å². The molecule has 19 heavy (non-hydrogen) atoms. The lowest BCUT2D eigenvalue weighted by molar-refractivity contribution is -0.117. The van der Waals surface area contributed by atoms with Crippen LogP contribution in [-0.4, -0.2) is 36.7 Å². The number of ether oxygens (including phenoxy) is 1. The van der Waals surface area contributed by atoms with Gasteiger partial charge in [-0.3, -0.25) is 4.79 Å². The maximum Gasteiger partial charge on any atom is 0.244 e. The van der Waals surface area contributed by atoms with E-state index in [0.29, 0.717) is 6.54 Å². The highest BCUT2D eigenvalue weighted by Gasteiger charge is 2.34. The monoisotopic (exact) mass is 277 g/mol. The molecule has 0 spiro atoms. The average molecular weight is 277 g/mol. The molecule has 1 aromatic carbocycles. The topological polar surface area (TPSA) is 38.3 Å². The molecular formula is C15H19NO2S. The Morgan fingerprint density at radius 3 is 2.89 bits per heavy atom. The maximum atomic E-state index is 11.8. The lowest BCUT2D eigenvalue weighted by Gasteiger charge is -2.26. The molecule has 4 heteroatoms. The van der Waals surface area contributed by atoms with Crippen LogP contribution < -0.4 is 5.32 Å². The standard InChI is InChI=1S/C15H19NO2S/c1-18-15(9-10-19-12-15)11-16-14(17)8-7-13-5-3-2-4-6-13/h2-8H,9-12H2,1H3,(H,16,17)/b8-7+. The van der Waals surface area contributed by atoms with Crippen molar-refractivity contribution in [3.8, 4) is 0 Å². The first kappa shape index (κ1) is 14.2. The van der Waals surface area contributed by atoms with Crippen molar-refractivity contribution >= 4 is 23.7 Å². The third-order valence-electron chi connectivity index (χ3n) is 3.31. The largest absolute Gasteiger partial charge is 0.376 e. The molecule has 0 bridgehead atoms. The molecule has 1 aromatic rings. The fraction of sp³-hybridized carbons (Fsp3) is 0.400. The molecule has 1 amide bonds. The molecule has 1 saturated heterocycles. The Labute approximate surface area is 118 Å². The van der Waals surface area contributed by atoms with Gasteiger partial charge in [0.05, 0.1) is 5.60 Å². The van der Waals surface area contributed by atoms with Gasteiger partial charge in [-0.25, -0.2) is 0 Å². The number of nitrogens with one attached hydrogen (secondary N) is 1. The second-order valence-corrected chi connectivity index (χ2v) is 5.76. The van der Waals surface area contributed by atoms with Crippen molar-refractivity contribution in [3.63, 3.8) is 0 Å². The molecule has 1 N–H and O–H groups in total. The smallest absolute Gasteiger partial charge is 0.244 e. The van der Waals surface area contributed by atoms with Crippen LogP contribution in [-0.2, 0) is 9.53 Å². The number of thioether (sulfide) groups is 1. The van der Waals surface area contributed by atoms with Gasteiger partial charge >= 0.3 is 0 Å². The van der Waals surface area contributed by atoms with Gasteiger partial charge in [0.25, 0.3) is 0 Å². The zero-order valence-electron chi connectivity index (χ0n) is 11.1. The van der Waals surface area contributed by atoms with E-state index in [0.717, 1.165) is 23.5 Å². The van der Waals surface area contributed by atoms with Gasteiger partial charge < -0.3 is 10.1 Å². The number of carbonyl (C=O) groups excluding carboxylic acids is 1. The van der Waals surface area contributed by atoms with Crippen molar-refractivity contribution in [3.05, 3.63) is 42.0 Å². The first-order valence-corrected chi connectivity index (χ1v) is 7.53. The summed E-state index contributed by atoms with van der Waals surface area (Å²) in [6, 6.07) is 9.79. The number of amides is 1. The van der Waals surface area contributed by atoms with Crippen LogP contribution in [0.1, 0.15) is 12.0 Å². The Hall–Kier alpha value is -1.26. The van der Waals surface area contributed by atoms with Gasteiger partial charge in [-0.05, 0) is 23.8 Å². The lowest BCUT2D eigenvalue weighted by Crippen LogP contribution is -2.44. The average Bonchev–Trinajstić information content (AvgIpc) is 2.93. The molecule has 0 saturated carbocycles. The van der Waals surface area contributed by atoms with Crippen molar-refractivity contribution in [2.75, 3.05) is 25.2 Å². The Bertz CT molecular complexity index is 439. The summed E-state index contributed by atoms with van der Waals surface area (Å²) in [4.78, 5) is 11.8. The van der Waals surface area contributed by atoms with Crippen LogP contribution in [0.5, 0.6) is 0 Å². The molecule has 0 radical (unpaired) electrons. The summed E-state index contributed by atoms with van der Waals surface area (Å²) in [5.74, 6) is 1.98. The Balaban J connectivity index is 1.83. The summed E-state index contributed by atoms with van der Waals surface area (Å²) < 4.78 is 5.55. The molecule has 1 aliphatic rings. The van der Waals surface area contributed by atoms with Crippen molar-refractivity contribution in [2.24, 2.45) is 0 Å². The Morgan fingerprint density at radius 2 is 2.26 bits per heavy atom. The number of hydrogen-bond donors (Lipinski definition) is 1. The second kappa shape index (κ2) is 6.78. The predicted octanol–water partition coefficient (Wildman–Crippen LogP) is 2.34. The van der Waals surface area contributed by atoms with Crippen LogP contribution in [0, 0.1) is 0 Å². The van der Waals surface area contributed by atoms with E-state index in [1.807, 2.05) is 48.2 Å². The molecule has 102 valence electrons. The first-order valence-electron chi connectivity index (χ1n) is 6.38. The number of benzene rings is 1. The summed E-state index contributed by atoms with van der Waals surface area (Å²) in [6.07, 6.45) is 4.38. The quantitative estimate of drug-likeness (QED) is 0.840. The first-order chi connectivity index (χ1) is 9.24. The van der Waals surface area contributed by atoms with Gasteiger partial charge in [-0.1, -0.05) is 30.3 Å². The van der Waals surface area contributed by atoms with Crippen molar-refractivity contribution in [2.45, 2.75) is 12.0 Å². The fourth-order valence-electron chi connectivity index (χ4n) is 2.00. The van der Waals surface area contributed by atoms with E-state index >= 15 is 0 Å². The van der Waals surface area contributed by atoms with Gasteiger partial charge in [-0.15, -0.1) is 0 Å². The van der Waals surface area contributed by atoms with Gasteiger partial charge in [0.15, 0.2) is 0 Å². The zero-order chi connectivity index (χ0) is 13.6. The van der Waals surface area contributed by atoms with Gasteiger partial charge in [-0.2, -0.15) is 11.8 Å². The zero-order valence-corrected chi connectivity index (χ0v) is 11.9. The molecule has 2 rings (SSSR count). The molecule has 1 unspecified atom stereocenters. The second-order valence-electron chi connectivity index (χ2n) is 4.65. The molecule has 1 fully saturated rings. The molecular weight excluding hydrogens is 258 g/mol. The Kier molecular flexibility index (Phi) is 5.05. The van der Waals surface area contributed by atoms with Gasteiger partial charge in [0.2, 0.25) is 5.91 Å². The highest BCUT2D eigenvalue weighted by Crippen LogP contribution is 2.30. The van der Waals surface area contributed by atoms with Crippen LogP contribution in [0.4, 0.5) is 0 Å². The highest BCUT2D eigenvalue weighted by molar-refractivity contribution is 7.99. The molecule has 1 atom stereocenters. The maximum absolute atomic E-state index is 11.8. The van der Waals surface area contributed by atoms with Crippen LogP contribution >= 0.6 is 11.8 Å². The summed E-state index contributed by atoms with van der Waals surface area (Å²) >= 11 is 1.87. The number of hydrogen-bond acceptors (Lipinski definition) is 3. The minimum atomic E-state index is -0.180. The summed E-state index contributed by atoms with van der Waals surface area (Å²) in [7, 11) is 1.72. The predicted molar refractivity (Wildman–Crippen MR) is 80.2 cm³/mol. The summed E-state index contributed by atoms with van der Waals surface area (Å²) in [5.41, 5.74) is 0.844. The Morgan fingerprint density at radius 1 is 1.47 bits per heavy atom. The summed E-state index contributed by atoms with van der Waals surface area (Å²) in [6.45, 7) is 0.578. The molecule has 1 aliphatic heterocycles. The number of rotatable bonds is 5. The fourth-order valence-corrected chi connectivity index (χ4v) is 3.40. The molecule has 0 aliphatic carbocycles. The highest BCUT2D eigenvalue weighted by atomic mass is 32.2. The number of carbonyl (C=O) groups is 1. The third-order valence-corrected chi connectivity index (χ3v) is 4.53. The van der Waals surface area contributed by atoms with E-state index in [2.05, 4.69) is 5.32 Å². The van der Waals surface area contributed by atoms with Crippen molar-refractivity contribution in [1.29, 1.82) is 0 Å². The molecule has 0 aromatic heterocycles. The molecule has 1 heterocycles. The normalized spacial score (nSPS) is 22.8. The van der Waals surface area contributed by atoms with E-state index in [1.54, 1.807) is 13.2 Å². The van der Waals surface area contributed by atoms with Gasteiger partial charge in [0, 0.05) is 25.5 Å². The summed E-state index contributed by atoms with van der Waals surface area (Å²) in [5, 5.41) is 2.92. The lowest BCUT2D eigenvalue weighted by atomic mass is 10.0. The SMILES string of the molecule is COC1(CNC(=O)/C=C/c2ccccc2)CCSC1. The van der Waals surface area contributed by atoms with Crippen LogP contribution in [0.3, 0.4) is 0 Å². The van der Waals surface area contributed by atoms with Gasteiger partial charge in [0.1, 0.15) is 0 Å². The van der Waals surface area contributed by atoms with Crippen LogP contribution in [0.25, 0.3) is 6.08 Å². The van der Waals surface area contributed by atoms with E-state index < -0.39 is 0 Å². The van der Waals surface area contributed by atoms with E-state index in [-0.39, 0.29) is 11.5 Å². The minimum Gasteiger partial charge on any atom is -0.376 e. The van der Waals surface area contributed by atoms with E-state index in [1.165, 1.54) is 0 Å². The molecule has 3 nitrogen and oxygen atoms in total. The van der Waals surface area contributed by atoms with Crippen molar-refractivity contribution in [1.82, 2.24) is 5.32 Å². The number of methoxy groups -OCH3 is 1. The minimum absolute atomic E-state index is 0.0721. The van der Waals surface area contributed by atoms with Crippen LogP contribution in [0.15, 0.2) is 36.4 Å². The van der Waals surface area contributed by atoms with Crippen molar-refractivity contribution < 1.29 is 9.53 Å².